The van der Waals surface area contributed by atoms with E-state index in [4.69, 9.17) is 11.6 Å². The average Bonchev–Trinajstić information content (AvgIpc) is 2.71. The Morgan fingerprint density at radius 2 is 2.10 bits per heavy atom. The molecule has 8 nitrogen and oxygen atoms in total. The Labute approximate surface area is 181 Å². The molecule has 4 rings (SSSR count). The van der Waals surface area contributed by atoms with Crippen LogP contribution in [0.3, 0.4) is 0 Å². The van der Waals surface area contributed by atoms with Crippen LogP contribution in [0.5, 0.6) is 0 Å². The van der Waals surface area contributed by atoms with Crippen molar-refractivity contribution in [2.45, 2.75) is 65.6 Å². The summed E-state index contributed by atoms with van der Waals surface area (Å²) in [5.74, 6) is 0.756. The Hall–Kier alpha value is -2.09. The van der Waals surface area contributed by atoms with Gasteiger partial charge < -0.3 is 15.4 Å². The third-order valence-electron chi connectivity index (χ3n) is 7.20. The van der Waals surface area contributed by atoms with Crippen molar-refractivity contribution in [3.63, 3.8) is 0 Å². The summed E-state index contributed by atoms with van der Waals surface area (Å²) in [4.78, 5) is 36.5. The Kier molecular flexibility index (Phi) is 6.45. The highest BCUT2D eigenvalue weighted by atomic mass is 35.5. The minimum atomic E-state index is -0.766. The Morgan fingerprint density at radius 1 is 1.40 bits per heavy atom. The lowest BCUT2D eigenvalue weighted by molar-refractivity contribution is -0.145. The normalized spacial score (nSPS) is 27.5. The molecule has 3 aliphatic carbocycles. The fraction of sp³-hybridized carbons (Fsp3) is 0.714. The van der Waals surface area contributed by atoms with Gasteiger partial charge in [0.1, 0.15) is 17.6 Å². The highest BCUT2D eigenvalue weighted by molar-refractivity contribution is 6.32. The topological polar surface area (TPSA) is 102 Å². The minimum Gasteiger partial charge on any atom is -0.467 e. The molecule has 1 amide bonds. The summed E-state index contributed by atoms with van der Waals surface area (Å²) in [5, 5.41) is 10.1. The first-order valence-electron chi connectivity index (χ1n) is 10.5. The van der Waals surface area contributed by atoms with Crippen molar-refractivity contribution in [1.82, 2.24) is 15.1 Å². The predicted molar refractivity (Wildman–Crippen MR) is 114 cm³/mol. The zero-order valence-electron chi connectivity index (χ0n) is 18.2. The summed E-state index contributed by atoms with van der Waals surface area (Å²) in [7, 11) is 1.26. The average molecular weight is 439 g/mol. The highest BCUT2D eigenvalue weighted by Crippen LogP contribution is 2.61. The lowest BCUT2D eigenvalue weighted by Gasteiger charge is -2.62. The van der Waals surface area contributed by atoms with E-state index in [0.29, 0.717) is 35.3 Å². The molecule has 0 aromatic carbocycles. The van der Waals surface area contributed by atoms with Crippen LogP contribution in [-0.2, 0) is 20.9 Å². The Bertz CT molecular complexity index is 884. The van der Waals surface area contributed by atoms with Gasteiger partial charge in [-0.2, -0.15) is 5.10 Å². The third kappa shape index (κ3) is 4.06. The second-order valence-corrected chi connectivity index (χ2v) is 9.47. The largest absolute Gasteiger partial charge is 0.467 e. The highest BCUT2D eigenvalue weighted by Gasteiger charge is 2.56. The summed E-state index contributed by atoms with van der Waals surface area (Å²) in [6.07, 6.45) is 4.17. The molecule has 0 spiro atoms. The molecule has 1 aromatic rings. The number of nitrogens with one attached hydrogen (secondary N) is 2. The molecule has 30 heavy (non-hydrogen) atoms. The van der Waals surface area contributed by atoms with Crippen LogP contribution in [0.2, 0.25) is 5.02 Å². The molecule has 2 N–H and O–H groups in total. The van der Waals surface area contributed by atoms with Crippen molar-refractivity contribution < 1.29 is 14.3 Å². The molecule has 1 aromatic heterocycles. The van der Waals surface area contributed by atoms with Crippen LogP contribution in [0.25, 0.3) is 0 Å². The van der Waals surface area contributed by atoms with E-state index >= 15 is 0 Å². The minimum absolute atomic E-state index is 0.0171. The number of methoxy groups -OCH3 is 1. The van der Waals surface area contributed by atoms with Crippen LogP contribution in [0, 0.1) is 23.2 Å². The number of fused-ring (bicyclic) bond motifs is 2. The van der Waals surface area contributed by atoms with Gasteiger partial charge in [-0.1, -0.05) is 39.3 Å². The number of rotatable bonds is 7. The van der Waals surface area contributed by atoms with Gasteiger partial charge in [-0.3, -0.25) is 9.59 Å². The number of hydrogen-bond donors (Lipinski definition) is 2. The van der Waals surface area contributed by atoms with E-state index in [0.717, 1.165) is 11.1 Å². The first-order valence-corrected chi connectivity index (χ1v) is 10.9. The second-order valence-electron chi connectivity index (χ2n) is 9.09. The van der Waals surface area contributed by atoms with E-state index < -0.39 is 23.5 Å². The molecular formula is C21H31ClN4O4. The van der Waals surface area contributed by atoms with E-state index in [1.807, 2.05) is 0 Å². The molecule has 2 bridgehead atoms. The van der Waals surface area contributed by atoms with Crippen molar-refractivity contribution in [3.8, 4) is 0 Å². The van der Waals surface area contributed by atoms with Crippen LogP contribution in [-0.4, -0.2) is 40.9 Å². The maximum Gasteiger partial charge on any atom is 0.328 e. The number of amides is 1. The number of hydrogen-bond acceptors (Lipinski definition) is 6. The van der Waals surface area contributed by atoms with Crippen LogP contribution in [0.1, 0.15) is 47.0 Å². The van der Waals surface area contributed by atoms with Crippen molar-refractivity contribution >= 4 is 29.2 Å². The lowest BCUT2D eigenvalue weighted by atomic mass is 9.45. The van der Waals surface area contributed by atoms with Gasteiger partial charge in [-0.05, 0) is 42.4 Å². The molecule has 1 unspecified atom stereocenters. The number of aromatic nitrogens is 2. The van der Waals surface area contributed by atoms with Gasteiger partial charge in [-0.15, -0.1) is 0 Å². The zero-order chi connectivity index (χ0) is 22.2. The van der Waals surface area contributed by atoms with Crippen molar-refractivity contribution in [1.29, 1.82) is 0 Å². The molecule has 5 atom stereocenters. The second kappa shape index (κ2) is 8.57. The van der Waals surface area contributed by atoms with Gasteiger partial charge in [0.25, 0.3) is 5.56 Å². The quantitative estimate of drug-likeness (QED) is 0.634. The maximum atomic E-state index is 12.6. The van der Waals surface area contributed by atoms with Gasteiger partial charge in [0.15, 0.2) is 0 Å². The van der Waals surface area contributed by atoms with Crippen LogP contribution in [0.4, 0.5) is 5.69 Å². The molecule has 9 heteroatoms. The summed E-state index contributed by atoms with van der Waals surface area (Å²) >= 11 is 6.32. The first kappa shape index (κ1) is 22.6. The molecule has 166 valence electrons. The van der Waals surface area contributed by atoms with E-state index in [2.05, 4.69) is 41.2 Å². The molecule has 0 radical (unpaired) electrons. The first-order chi connectivity index (χ1) is 14.1. The van der Waals surface area contributed by atoms with Crippen molar-refractivity contribution in [3.05, 3.63) is 21.6 Å². The summed E-state index contributed by atoms with van der Waals surface area (Å²) in [5.41, 5.74) is 0.323. The van der Waals surface area contributed by atoms with E-state index in [-0.39, 0.29) is 17.6 Å². The fourth-order valence-electron chi connectivity index (χ4n) is 5.06. The number of anilines is 1. The number of halogens is 1. The number of carbonyl (C=O) groups is 2. The fourth-order valence-corrected chi connectivity index (χ4v) is 5.27. The predicted octanol–water partition coefficient (Wildman–Crippen LogP) is 2.45. The summed E-state index contributed by atoms with van der Waals surface area (Å²) in [6, 6.07) is -0.525. The van der Waals surface area contributed by atoms with Gasteiger partial charge in [-0.25, -0.2) is 9.48 Å². The molecule has 0 saturated heterocycles. The van der Waals surface area contributed by atoms with E-state index in [1.54, 1.807) is 6.92 Å². The zero-order valence-corrected chi connectivity index (χ0v) is 19.0. The lowest BCUT2D eigenvalue weighted by Crippen LogP contribution is -2.58. The Balaban J connectivity index is 1.67. The number of esters is 1. The van der Waals surface area contributed by atoms with Crippen LogP contribution < -0.4 is 16.2 Å². The SMILES string of the molecule is CCC(NC(=O)Cn1ncc(N[C@@H]2C[C@H]3C[C@@H]([C@H]2C)C3(C)C)c(Cl)c1=O)C(=O)OC. The molecular weight excluding hydrogens is 408 g/mol. The van der Waals surface area contributed by atoms with Gasteiger partial charge >= 0.3 is 5.97 Å². The number of nitrogens with zero attached hydrogens (tertiary/aromatic N) is 2. The third-order valence-corrected chi connectivity index (χ3v) is 7.57. The maximum absolute atomic E-state index is 12.6. The van der Waals surface area contributed by atoms with Crippen LogP contribution >= 0.6 is 11.6 Å². The van der Waals surface area contributed by atoms with Gasteiger partial charge in [0.2, 0.25) is 5.91 Å². The van der Waals surface area contributed by atoms with Crippen molar-refractivity contribution in [2.75, 3.05) is 12.4 Å². The Morgan fingerprint density at radius 3 is 2.67 bits per heavy atom. The molecule has 3 aliphatic rings. The summed E-state index contributed by atoms with van der Waals surface area (Å²) in [6.45, 7) is 8.34. The van der Waals surface area contributed by atoms with E-state index in [9.17, 15) is 14.4 Å². The van der Waals surface area contributed by atoms with Gasteiger partial charge in [0, 0.05) is 6.04 Å². The molecule has 1 heterocycles. The number of carbonyl (C=O) groups excluding carboxylic acids is 2. The molecule has 3 saturated carbocycles. The van der Waals surface area contributed by atoms with Crippen molar-refractivity contribution in [2.24, 2.45) is 23.2 Å². The molecule has 0 aliphatic heterocycles. The van der Waals surface area contributed by atoms with E-state index in [1.165, 1.54) is 19.7 Å². The smallest absolute Gasteiger partial charge is 0.328 e. The standard InChI is InChI=1S/C21H31ClN4O4/c1-6-14(20(29)30-5)25-17(27)10-26-19(28)18(22)16(9-23-26)24-15-8-12-7-13(11(15)2)21(12,3)4/h9,11-15,24H,6-8,10H2,1-5H3,(H,25,27)/t11-,12-,13+,14?,15-/m1/s1. The van der Waals surface area contributed by atoms with Crippen LogP contribution in [0.15, 0.2) is 11.0 Å². The molecule has 3 fully saturated rings. The summed E-state index contributed by atoms with van der Waals surface area (Å²) < 4.78 is 5.65. The van der Waals surface area contributed by atoms with Gasteiger partial charge in [0.05, 0.1) is 19.0 Å². The monoisotopic (exact) mass is 438 g/mol. The number of ether oxygens (including phenoxy) is 1.